The summed E-state index contributed by atoms with van der Waals surface area (Å²) < 4.78 is 4.31. The molecule has 0 N–H and O–H groups in total. The molecule has 3 heterocycles. The van der Waals surface area contributed by atoms with E-state index < -0.39 is 0 Å². The molecule has 7 heteroatoms. The number of hydrogen-bond acceptors (Lipinski definition) is 5. The Bertz CT molecular complexity index is 2450. The summed E-state index contributed by atoms with van der Waals surface area (Å²) in [5.74, 6) is 0. The Hall–Kier alpha value is -5.79. The number of allylic oxidation sites excluding steroid dienone is 6. The van der Waals surface area contributed by atoms with Crippen LogP contribution in [-0.2, 0) is 6.54 Å². The van der Waals surface area contributed by atoms with Crippen molar-refractivity contribution in [2.24, 2.45) is 0 Å². The second-order valence-electron chi connectivity index (χ2n) is 14.0. The van der Waals surface area contributed by atoms with Gasteiger partial charge in [0, 0.05) is 52.9 Å². The smallest absolute Gasteiger partial charge is 0.218 e. The average Bonchev–Trinajstić information content (AvgIpc) is 3.82. The molecule has 0 amide bonds. The molecular weight excluding hydrogens is 693 g/mol. The average molecular weight is 740 g/mol. The standard InChI is InChI=1S/C48H47N6S/c1-3-5-16-34-52-38(28-26-36-18-10-14-24-45(36)52)30-32-43-41-22-12-13-23-42(41)44(47(43)55-48-49-50-51-54(48)40-20-8-7-9-21-40)33-31-39-29-27-37-19-11-15-25-46(37)53(39)35-17-6-4-2/h7-15,18-33H,3-6,16-17,34-35H2,1-2H3/q+1. The van der Waals surface area contributed by atoms with Gasteiger partial charge in [0.25, 0.3) is 0 Å². The maximum Gasteiger partial charge on any atom is 0.218 e. The summed E-state index contributed by atoms with van der Waals surface area (Å²) in [5, 5.41) is 15.1. The molecular formula is C48H47N6S+. The van der Waals surface area contributed by atoms with Crippen LogP contribution in [0.5, 0.6) is 0 Å². The third kappa shape index (κ3) is 7.76. The van der Waals surface area contributed by atoms with Crippen molar-refractivity contribution in [3.05, 3.63) is 173 Å². The number of nitrogens with zero attached hydrogens (tertiary/aromatic N) is 6. The Kier molecular flexibility index (Phi) is 11.3. The zero-order valence-electron chi connectivity index (χ0n) is 31.7. The Balaban J connectivity index is 1.27. The van der Waals surface area contributed by atoms with Crippen molar-refractivity contribution in [2.45, 2.75) is 64.1 Å². The summed E-state index contributed by atoms with van der Waals surface area (Å²) in [6.07, 6.45) is 20.8. The number of benzene rings is 4. The second-order valence-corrected chi connectivity index (χ2v) is 15.0. The number of aryl methyl sites for hydroxylation is 1. The highest BCUT2D eigenvalue weighted by molar-refractivity contribution is 8.03. The fourth-order valence-electron chi connectivity index (χ4n) is 7.57. The molecule has 6 aromatic rings. The van der Waals surface area contributed by atoms with Crippen LogP contribution in [0.2, 0.25) is 0 Å². The van der Waals surface area contributed by atoms with E-state index in [4.69, 9.17) is 0 Å². The lowest BCUT2D eigenvalue weighted by Crippen LogP contribution is -2.38. The molecule has 2 aliphatic rings. The quantitative estimate of drug-likeness (QED) is 0.0822. The predicted molar refractivity (Wildman–Crippen MR) is 229 cm³/mol. The van der Waals surface area contributed by atoms with Gasteiger partial charge in [0.1, 0.15) is 6.54 Å². The van der Waals surface area contributed by atoms with Crippen molar-refractivity contribution >= 4 is 51.7 Å². The monoisotopic (exact) mass is 739 g/mol. The molecule has 274 valence electrons. The van der Waals surface area contributed by atoms with Crippen LogP contribution in [0.25, 0.3) is 39.9 Å². The topological polar surface area (TPSA) is 50.7 Å². The lowest BCUT2D eigenvalue weighted by Gasteiger charge is -2.30. The van der Waals surface area contributed by atoms with Gasteiger partial charge in [0.2, 0.25) is 16.4 Å². The normalized spacial score (nSPS) is 15.2. The summed E-state index contributed by atoms with van der Waals surface area (Å²) in [6, 6.07) is 40.8. The van der Waals surface area contributed by atoms with E-state index in [0.717, 1.165) is 47.7 Å². The number of tetrazole rings is 1. The van der Waals surface area contributed by atoms with Crippen molar-refractivity contribution in [1.29, 1.82) is 0 Å². The van der Waals surface area contributed by atoms with Gasteiger partial charge in [0.15, 0.2) is 0 Å². The van der Waals surface area contributed by atoms with Gasteiger partial charge < -0.3 is 4.90 Å². The highest BCUT2D eigenvalue weighted by Gasteiger charge is 2.28. The maximum absolute atomic E-state index is 4.57. The Labute approximate surface area is 328 Å². The summed E-state index contributed by atoms with van der Waals surface area (Å²) in [7, 11) is 0. The van der Waals surface area contributed by atoms with Gasteiger partial charge in [-0.1, -0.05) is 118 Å². The van der Waals surface area contributed by atoms with Gasteiger partial charge in [-0.25, -0.2) is 0 Å². The van der Waals surface area contributed by atoms with Gasteiger partial charge >= 0.3 is 0 Å². The van der Waals surface area contributed by atoms with E-state index >= 15 is 0 Å². The van der Waals surface area contributed by atoms with E-state index in [1.165, 1.54) is 70.4 Å². The van der Waals surface area contributed by atoms with Crippen LogP contribution in [0.3, 0.4) is 0 Å². The maximum atomic E-state index is 4.57. The van der Waals surface area contributed by atoms with E-state index in [2.05, 4.69) is 160 Å². The Morgan fingerprint density at radius 3 is 2.33 bits per heavy atom. The number of aromatic nitrogens is 5. The summed E-state index contributed by atoms with van der Waals surface area (Å²) in [6.45, 7) is 6.48. The van der Waals surface area contributed by atoms with Crippen LogP contribution in [0.4, 0.5) is 5.69 Å². The molecule has 8 rings (SSSR count). The number of pyridine rings is 1. The number of anilines is 1. The fraction of sp³-hybridized carbons (Fsp3) is 0.208. The van der Waals surface area contributed by atoms with E-state index in [-0.39, 0.29) is 0 Å². The van der Waals surface area contributed by atoms with Gasteiger partial charge in [-0.15, -0.1) is 5.10 Å². The summed E-state index contributed by atoms with van der Waals surface area (Å²) >= 11 is 1.62. The van der Waals surface area contributed by atoms with Gasteiger partial charge in [-0.3, -0.25) is 0 Å². The minimum absolute atomic E-state index is 0.714. The van der Waals surface area contributed by atoms with Crippen molar-refractivity contribution in [2.75, 3.05) is 11.4 Å². The summed E-state index contributed by atoms with van der Waals surface area (Å²) in [5.41, 5.74) is 11.8. The lowest BCUT2D eigenvalue weighted by atomic mass is 10.0. The molecule has 1 aliphatic carbocycles. The number of fused-ring (bicyclic) bond motifs is 3. The number of unbranched alkanes of at least 4 members (excludes halogenated alkanes) is 4. The molecule has 2 aromatic heterocycles. The molecule has 0 bridgehead atoms. The molecule has 0 fully saturated rings. The first-order chi connectivity index (χ1) is 27.2. The van der Waals surface area contributed by atoms with Crippen LogP contribution in [0, 0.1) is 0 Å². The molecule has 0 saturated carbocycles. The van der Waals surface area contributed by atoms with Crippen LogP contribution in [0.1, 0.15) is 74.8 Å². The van der Waals surface area contributed by atoms with E-state index in [1.54, 1.807) is 11.8 Å². The summed E-state index contributed by atoms with van der Waals surface area (Å²) in [4.78, 5) is 3.60. The van der Waals surface area contributed by atoms with Gasteiger partial charge in [0.05, 0.1) is 5.69 Å². The zero-order chi connectivity index (χ0) is 37.4. The van der Waals surface area contributed by atoms with E-state index in [1.807, 2.05) is 35.0 Å². The fourth-order valence-corrected chi connectivity index (χ4v) is 8.64. The molecule has 55 heavy (non-hydrogen) atoms. The van der Waals surface area contributed by atoms with Crippen LogP contribution >= 0.6 is 11.8 Å². The number of rotatable bonds is 14. The first-order valence-electron chi connectivity index (χ1n) is 19.7. The van der Waals surface area contributed by atoms with E-state index in [0.29, 0.717) is 5.16 Å². The first kappa shape index (κ1) is 36.2. The van der Waals surface area contributed by atoms with Crippen LogP contribution in [0.15, 0.2) is 155 Å². The lowest BCUT2D eigenvalue weighted by molar-refractivity contribution is -0.673. The number of para-hydroxylation sites is 3. The Morgan fingerprint density at radius 2 is 1.45 bits per heavy atom. The highest BCUT2D eigenvalue weighted by Crippen LogP contribution is 2.49. The van der Waals surface area contributed by atoms with Crippen LogP contribution in [-0.4, -0.2) is 26.8 Å². The highest BCUT2D eigenvalue weighted by atomic mass is 32.2. The molecule has 0 unspecified atom stereocenters. The minimum Gasteiger partial charge on any atom is -0.341 e. The van der Waals surface area contributed by atoms with Crippen molar-refractivity contribution in [1.82, 2.24) is 20.2 Å². The van der Waals surface area contributed by atoms with Crippen LogP contribution < -0.4 is 9.47 Å². The molecule has 4 aromatic carbocycles. The molecule has 0 atom stereocenters. The van der Waals surface area contributed by atoms with Gasteiger partial charge in [-0.05, 0) is 111 Å². The van der Waals surface area contributed by atoms with Crippen molar-refractivity contribution in [3.8, 4) is 5.69 Å². The molecule has 6 nitrogen and oxygen atoms in total. The predicted octanol–water partition coefficient (Wildman–Crippen LogP) is 11.5. The minimum atomic E-state index is 0.714. The Morgan fingerprint density at radius 1 is 0.691 bits per heavy atom. The second kappa shape index (κ2) is 17.1. The largest absolute Gasteiger partial charge is 0.341 e. The number of thioether (sulfide) groups is 1. The molecule has 0 saturated heterocycles. The van der Waals surface area contributed by atoms with Crippen molar-refractivity contribution < 1.29 is 4.57 Å². The van der Waals surface area contributed by atoms with E-state index in [9.17, 15) is 0 Å². The SMILES string of the molecule is CCCCCN1/C(=C/C=C2C(Sc3nnnn3-c3ccccc3)=C(/C=C/c3ccc4ccccc4[n+]3CCCCC)c3ccccc3/2)C=Cc2ccccc21. The zero-order valence-corrected chi connectivity index (χ0v) is 32.5. The molecule has 1 aliphatic heterocycles. The van der Waals surface area contributed by atoms with Gasteiger partial charge in [-0.2, -0.15) is 9.25 Å². The molecule has 0 radical (unpaired) electrons. The number of hydrogen-bond donors (Lipinski definition) is 0. The van der Waals surface area contributed by atoms with Crippen molar-refractivity contribution in [3.63, 3.8) is 0 Å². The third-order valence-electron chi connectivity index (χ3n) is 10.4. The first-order valence-corrected chi connectivity index (χ1v) is 20.5. The molecule has 0 spiro atoms. The third-order valence-corrected chi connectivity index (χ3v) is 11.5.